The fraction of sp³-hybridized carbons (Fsp3) is 0.500. The van der Waals surface area contributed by atoms with E-state index in [0.29, 0.717) is 0 Å². The van der Waals surface area contributed by atoms with Crippen LogP contribution >= 0.6 is 23.4 Å². The number of thioether (sulfide) groups is 1. The minimum absolute atomic E-state index is 0.115. The number of halogens is 4. The number of hydrogen-bond acceptors (Lipinski definition) is 3. The zero-order chi connectivity index (χ0) is 18.7. The molecule has 132 valence electrons. The minimum atomic E-state index is -4.56. The van der Waals surface area contributed by atoms with Crippen LogP contribution in [0, 0.1) is 17.2 Å². The van der Waals surface area contributed by atoms with Gasteiger partial charge in [0.05, 0.1) is 21.9 Å². The summed E-state index contributed by atoms with van der Waals surface area (Å²) in [5.74, 6) is -0.530. The first kappa shape index (κ1) is 20.7. The number of alkyl halides is 3. The largest absolute Gasteiger partial charge is 0.417 e. The predicted octanol–water partition coefficient (Wildman–Crippen LogP) is 4.89. The van der Waals surface area contributed by atoms with Gasteiger partial charge in [0.25, 0.3) is 0 Å². The molecule has 0 bridgehead atoms. The second kappa shape index (κ2) is 7.66. The molecule has 2 atom stereocenters. The van der Waals surface area contributed by atoms with Crippen LogP contribution in [0.1, 0.15) is 33.3 Å². The number of carbonyl (C=O) groups is 1. The Morgan fingerprint density at radius 2 is 1.92 bits per heavy atom. The topological polar surface area (TPSA) is 52.9 Å². The molecule has 1 aromatic rings. The van der Waals surface area contributed by atoms with Gasteiger partial charge in [-0.15, -0.1) is 11.8 Å². The van der Waals surface area contributed by atoms with E-state index >= 15 is 0 Å². The van der Waals surface area contributed by atoms with Gasteiger partial charge in [0.15, 0.2) is 0 Å². The molecule has 0 radical (unpaired) electrons. The molecule has 1 aromatic carbocycles. The number of amides is 1. The van der Waals surface area contributed by atoms with E-state index in [9.17, 15) is 23.2 Å². The first-order valence-electron chi connectivity index (χ1n) is 7.17. The minimum Gasteiger partial charge on any atom is -0.337 e. The summed E-state index contributed by atoms with van der Waals surface area (Å²) in [5, 5.41) is 10.8. The van der Waals surface area contributed by atoms with E-state index in [0.717, 1.165) is 23.9 Å². The number of rotatable bonds is 5. The van der Waals surface area contributed by atoms with Gasteiger partial charge in [0, 0.05) is 4.90 Å². The summed E-state index contributed by atoms with van der Waals surface area (Å²) in [6.07, 6.45) is -4.56. The van der Waals surface area contributed by atoms with E-state index in [1.54, 1.807) is 27.7 Å². The van der Waals surface area contributed by atoms with E-state index in [1.165, 1.54) is 6.07 Å². The van der Waals surface area contributed by atoms with Crippen LogP contribution in [-0.2, 0) is 11.0 Å². The second-order valence-electron chi connectivity index (χ2n) is 5.86. The Balaban J connectivity index is 2.91. The summed E-state index contributed by atoms with van der Waals surface area (Å²) < 4.78 is 38.6. The monoisotopic (exact) mass is 378 g/mol. The van der Waals surface area contributed by atoms with Crippen molar-refractivity contribution in [1.29, 1.82) is 5.26 Å². The van der Waals surface area contributed by atoms with Crippen molar-refractivity contribution in [3.05, 3.63) is 28.8 Å². The molecule has 0 aromatic heterocycles. The fourth-order valence-corrected chi connectivity index (χ4v) is 2.84. The maximum Gasteiger partial charge on any atom is 0.417 e. The van der Waals surface area contributed by atoms with Gasteiger partial charge >= 0.3 is 6.18 Å². The third-order valence-electron chi connectivity index (χ3n) is 3.70. The molecule has 0 heterocycles. The summed E-state index contributed by atoms with van der Waals surface area (Å²) in [7, 11) is 0. The molecule has 0 saturated heterocycles. The van der Waals surface area contributed by atoms with E-state index in [-0.39, 0.29) is 15.8 Å². The highest BCUT2D eigenvalue weighted by molar-refractivity contribution is 8.00. The molecule has 0 aliphatic rings. The standard InChI is InChI=1S/C16H18ClF3N2OS/c1-9(2)15(4,8-21)22-14(23)10(3)24-11-5-6-13(17)12(7-11)16(18,19)20/h5-7,9-10H,1-4H3,(H,22,23)/t10-,15+/m1/s1. The summed E-state index contributed by atoms with van der Waals surface area (Å²) >= 11 is 6.55. The summed E-state index contributed by atoms with van der Waals surface area (Å²) in [4.78, 5) is 12.5. The molecule has 3 nitrogen and oxygen atoms in total. The van der Waals surface area contributed by atoms with Crippen LogP contribution in [0.2, 0.25) is 5.02 Å². The van der Waals surface area contributed by atoms with Gasteiger partial charge in [-0.2, -0.15) is 18.4 Å². The molecule has 0 unspecified atom stereocenters. The molecule has 0 aliphatic heterocycles. The Hall–Kier alpha value is -1.39. The molecule has 24 heavy (non-hydrogen) atoms. The van der Waals surface area contributed by atoms with Gasteiger partial charge in [-0.1, -0.05) is 25.4 Å². The molecule has 1 N–H and O–H groups in total. The normalized spacial score (nSPS) is 15.5. The number of nitrogens with zero attached hydrogens (tertiary/aromatic N) is 1. The number of hydrogen-bond donors (Lipinski definition) is 1. The lowest BCUT2D eigenvalue weighted by Crippen LogP contribution is -2.51. The summed E-state index contributed by atoms with van der Waals surface area (Å²) in [6, 6.07) is 5.56. The van der Waals surface area contributed by atoms with Crippen molar-refractivity contribution in [1.82, 2.24) is 5.32 Å². The Bertz CT molecular complexity index is 658. The lowest BCUT2D eigenvalue weighted by Gasteiger charge is -2.28. The average molecular weight is 379 g/mol. The average Bonchev–Trinajstić information content (AvgIpc) is 2.47. The van der Waals surface area contributed by atoms with Crippen molar-refractivity contribution in [2.75, 3.05) is 0 Å². The van der Waals surface area contributed by atoms with Crippen LogP contribution in [0.3, 0.4) is 0 Å². The van der Waals surface area contributed by atoms with Crippen LogP contribution in [-0.4, -0.2) is 16.7 Å². The van der Waals surface area contributed by atoms with Crippen LogP contribution in [0.25, 0.3) is 0 Å². The molecule has 8 heteroatoms. The highest BCUT2D eigenvalue weighted by Gasteiger charge is 2.34. The predicted molar refractivity (Wildman–Crippen MR) is 88.8 cm³/mol. The third-order valence-corrected chi connectivity index (χ3v) is 5.12. The number of benzene rings is 1. The highest BCUT2D eigenvalue weighted by atomic mass is 35.5. The van der Waals surface area contributed by atoms with Gasteiger partial charge in [-0.3, -0.25) is 4.79 Å². The molecule has 0 saturated carbocycles. The maximum atomic E-state index is 12.9. The molecule has 0 fully saturated rings. The number of nitriles is 1. The van der Waals surface area contributed by atoms with Crippen LogP contribution in [0.4, 0.5) is 13.2 Å². The fourth-order valence-electron chi connectivity index (χ4n) is 1.71. The maximum absolute atomic E-state index is 12.9. The van der Waals surface area contributed by atoms with Crippen LogP contribution in [0.15, 0.2) is 23.1 Å². The SMILES string of the molecule is CC(C)[C@](C)(C#N)NC(=O)[C@@H](C)Sc1ccc(Cl)c(C(F)(F)F)c1. The Morgan fingerprint density at radius 1 is 1.33 bits per heavy atom. The van der Waals surface area contributed by atoms with Crippen molar-refractivity contribution in [2.45, 2.75) is 49.6 Å². The quantitative estimate of drug-likeness (QED) is 0.742. The van der Waals surface area contributed by atoms with Crippen molar-refractivity contribution in [2.24, 2.45) is 5.92 Å². The van der Waals surface area contributed by atoms with Gasteiger partial charge in [0.1, 0.15) is 5.54 Å². The van der Waals surface area contributed by atoms with E-state index in [2.05, 4.69) is 11.4 Å². The molecule has 0 aliphatic carbocycles. The Kier molecular flexibility index (Phi) is 6.59. The Morgan fingerprint density at radius 3 is 2.38 bits per heavy atom. The second-order valence-corrected chi connectivity index (χ2v) is 7.68. The summed E-state index contributed by atoms with van der Waals surface area (Å²) in [6.45, 7) is 6.78. The van der Waals surface area contributed by atoms with Gasteiger partial charge in [-0.25, -0.2) is 0 Å². The van der Waals surface area contributed by atoms with E-state index in [1.807, 2.05) is 0 Å². The van der Waals surface area contributed by atoms with Crippen molar-refractivity contribution < 1.29 is 18.0 Å². The molecular formula is C16H18ClF3N2OS. The number of nitrogens with one attached hydrogen (secondary N) is 1. The lowest BCUT2D eigenvalue weighted by molar-refractivity contribution is -0.137. The zero-order valence-corrected chi connectivity index (χ0v) is 15.2. The highest BCUT2D eigenvalue weighted by Crippen LogP contribution is 2.37. The van der Waals surface area contributed by atoms with Crippen molar-refractivity contribution in [3.63, 3.8) is 0 Å². The van der Waals surface area contributed by atoms with Gasteiger partial charge in [0.2, 0.25) is 5.91 Å². The van der Waals surface area contributed by atoms with Crippen LogP contribution < -0.4 is 5.32 Å². The van der Waals surface area contributed by atoms with E-state index < -0.39 is 28.4 Å². The molecule has 0 spiro atoms. The van der Waals surface area contributed by atoms with Crippen molar-refractivity contribution in [3.8, 4) is 6.07 Å². The van der Waals surface area contributed by atoms with Gasteiger partial charge in [-0.05, 0) is 38.0 Å². The molecule has 1 amide bonds. The number of carbonyl (C=O) groups excluding carboxylic acids is 1. The first-order valence-corrected chi connectivity index (χ1v) is 8.43. The smallest absolute Gasteiger partial charge is 0.337 e. The summed E-state index contributed by atoms with van der Waals surface area (Å²) in [5.41, 5.74) is -1.98. The molecular weight excluding hydrogens is 361 g/mol. The lowest BCUT2D eigenvalue weighted by atomic mass is 9.90. The van der Waals surface area contributed by atoms with Gasteiger partial charge < -0.3 is 5.32 Å². The van der Waals surface area contributed by atoms with E-state index in [4.69, 9.17) is 11.6 Å². The van der Waals surface area contributed by atoms with Crippen molar-refractivity contribution >= 4 is 29.3 Å². The first-order chi connectivity index (χ1) is 10.9. The molecule has 1 rings (SSSR count). The third kappa shape index (κ3) is 5.05. The Labute approximate surface area is 148 Å². The van der Waals surface area contributed by atoms with Crippen LogP contribution in [0.5, 0.6) is 0 Å². The zero-order valence-electron chi connectivity index (χ0n) is 13.7.